The minimum Gasteiger partial charge on any atom is -0.358 e. The number of aryl methyl sites for hydroxylation is 2. The Labute approximate surface area is 692 Å². The third-order valence-electron chi connectivity index (χ3n) is 29.4. The van der Waals surface area contributed by atoms with E-state index >= 15 is 0 Å². The van der Waals surface area contributed by atoms with Crippen molar-refractivity contribution in [1.82, 2.24) is 0 Å². The highest BCUT2D eigenvalue weighted by Gasteiger charge is 2.61. The van der Waals surface area contributed by atoms with E-state index in [1.165, 1.54) is 232 Å². The van der Waals surface area contributed by atoms with E-state index in [-0.39, 0.29) is 48.3 Å². The molecule has 4 aliphatic carbocycles. The lowest BCUT2D eigenvalue weighted by atomic mass is 9.61. The molecule has 18 rings (SSSR count). The number of thioether (sulfide) groups is 2. The Morgan fingerprint density at radius 1 is 0.354 bits per heavy atom. The zero-order chi connectivity index (χ0) is 79.3. The molecular weight excluding hydrogens is 1430 g/mol. The second-order valence-electron chi connectivity index (χ2n) is 38.6. The molecule has 7 heteroatoms. The summed E-state index contributed by atoms with van der Waals surface area (Å²) in [5.74, 6) is 0. The van der Waals surface area contributed by atoms with E-state index < -0.39 is 0 Å². The van der Waals surface area contributed by atoms with Crippen LogP contribution in [0.1, 0.15) is 233 Å². The lowest BCUT2D eigenvalue weighted by molar-refractivity contribution is 0.194. The first kappa shape index (κ1) is 78.7. The third-order valence-corrected chi connectivity index (χ3v) is 32.6. The summed E-state index contributed by atoms with van der Waals surface area (Å²) in [6.07, 6.45) is 20.3. The molecule has 8 atom stereocenters. The summed E-state index contributed by atoms with van der Waals surface area (Å²) in [6, 6.07) is 86.1. The van der Waals surface area contributed by atoms with Crippen LogP contribution in [-0.2, 0) is 21.7 Å². The molecule has 4 fully saturated rings. The van der Waals surface area contributed by atoms with Gasteiger partial charge in [0.25, 0.3) is 0 Å². The van der Waals surface area contributed by atoms with Gasteiger partial charge in [0, 0.05) is 87.4 Å². The number of fused-ring (bicyclic) bond motifs is 8. The van der Waals surface area contributed by atoms with Crippen molar-refractivity contribution in [2.75, 3.05) is 20.0 Å². The molecule has 0 aromatic heterocycles. The van der Waals surface area contributed by atoms with Crippen LogP contribution in [0.15, 0.2) is 253 Å². The zero-order valence-electron chi connectivity index (χ0n) is 70.4. The molecule has 4 aliphatic heterocycles. The van der Waals surface area contributed by atoms with Crippen molar-refractivity contribution in [3.05, 3.63) is 291 Å². The van der Waals surface area contributed by atoms with Gasteiger partial charge in [0.1, 0.15) is 0 Å². The summed E-state index contributed by atoms with van der Waals surface area (Å²) in [5, 5.41) is 9.63. The minimum absolute atomic E-state index is 0.0237. The SMILES string of the molecule is CC12CCCCC1(C)C(Nc1cc(-c3ccccc3)cc(-c3ccccc3)c1)=CS2.Cc1cc(Cl)cc(N2c3ccc(C(C)(C)C)cc3C3(C)CCCCC23C)c1.Cc1cc(N(C2=CSC3(C)CCCCC23C)c2cc(-c3ccccc3)cc(-c3ccccc3)c2)cc(N2c3ccc(C(C)(C)C)cc3C3(C)CCCCC23C)c1. The van der Waals surface area contributed by atoms with Crippen molar-refractivity contribution in [2.45, 2.75) is 256 Å². The van der Waals surface area contributed by atoms with Crippen LogP contribution in [0.5, 0.6) is 0 Å². The molecule has 8 unspecified atom stereocenters. The molecule has 0 amide bonds. The normalized spacial score (nSPS) is 26.7. The average Bonchev–Trinajstić information content (AvgIpc) is 1.36. The van der Waals surface area contributed by atoms with Gasteiger partial charge in [-0.3, -0.25) is 0 Å². The fraction of sp³-hybridized carbons (Fsp3) is 0.396. The van der Waals surface area contributed by atoms with Crippen molar-refractivity contribution in [3.63, 3.8) is 0 Å². The lowest BCUT2D eigenvalue weighted by Crippen LogP contribution is -2.54. The van der Waals surface area contributed by atoms with E-state index in [1.54, 1.807) is 0 Å². The number of nitrogens with one attached hydrogen (secondary N) is 1. The van der Waals surface area contributed by atoms with Gasteiger partial charge in [0.2, 0.25) is 0 Å². The molecule has 10 aromatic carbocycles. The summed E-state index contributed by atoms with van der Waals surface area (Å²) in [6.45, 7) is 38.6. The Bertz CT molecular complexity index is 5130. The number of rotatable bonds is 11. The van der Waals surface area contributed by atoms with Gasteiger partial charge < -0.3 is 20.0 Å². The highest BCUT2D eigenvalue weighted by atomic mass is 35.5. The smallest absolute Gasteiger partial charge is 0.0517 e. The second kappa shape index (κ2) is 29.9. The largest absolute Gasteiger partial charge is 0.358 e. The fourth-order valence-electron chi connectivity index (χ4n) is 21.5. The molecule has 10 aromatic rings. The van der Waals surface area contributed by atoms with Crippen LogP contribution in [-0.4, -0.2) is 20.6 Å². The van der Waals surface area contributed by atoms with Gasteiger partial charge in [-0.1, -0.05) is 278 Å². The van der Waals surface area contributed by atoms with Crippen molar-refractivity contribution in [2.24, 2.45) is 10.8 Å². The average molecular weight is 1550 g/mol. The van der Waals surface area contributed by atoms with E-state index in [9.17, 15) is 0 Å². The number of halogens is 1. The van der Waals surface area contributed by atoms with Gasteiger partial charge in [-0.05, 0) is 277 Å². The summed E-state index contributed by atoms with van der Waals surface area (Å²) in [7, 11) is 0. The van der Waals surface area contributed by atoms with Crippen LogP contribution < -0.4 is 20.0 Å². The first-order valence-corrected chi connectivity index (χ1v) is 44.7. The molecule has 0 saturated heterocycles. The van der Waals surface area contributed by atoms with E-state index in [4.69, 9.17) is 11.6 Å². The maximum Gasteiger partial charge on any atom is 0.0517 e. The highest BCUT2D eigenvalue weighted by Crippen LogP contribution is 2.67. The van der Waals surface area contributed by atoms with Gasteiger partial charge in [-0.2, -0.15) is 0 Å². The number of hydrogen-bond donors (Lipinski definition) is 1. The number of hydrogen-bond acceptors (Lipinski definition) is 6. The number of allylic oxidation sites excluding steroid dienone is 2. The lowest BCUT2D eigenvalue weighted by Gasteiger charge is -2.50. The molecular formula is C106H121ClN4S2. The maximum absolute atomic E-state index is 6.47. The predicted molar refractivity (Wildman–Crippen MR) is 492 cm³/mol. The predicted octanol–water partition coefficient (Wildman–Crippen LogP) is 31.5. The Kier molecular flexibility index (Phi) is 20.8. The van der Waals surface area contributed by atoms with E-state index in [0.29, 0.717) is 4.75 Å². The maximum atomic E-state index is 6.47. The second-order valence-corrected chi connectivity index (χ2v) is 41.8. The van der Waals surface area contributed by atoms with E-state index in [1.807, 2.05) is 17.8 Å². The molecule has 0 bridgehead atoms. The highest BCUT2D eigenvalue weighted by molar-refractivity contribution is 8.04. The topological polar surface area (TPSA) is 21.8 Å². The first-order valence-electron chi connectivity index (χ1n) is 42.5. The molecule has 8 aliphatic rings. The van der Waals surface area contributed by atoms with Gasteiger partial charge in [0.15, 0.2) is 0 Å². The van der Waals surface area contributed by atoms with Crippen molar-refractivity contribution in [1.29, 1.82) is 0 Å². The molecule has 0 radical (unpaired) electrons. The molecule has 584 valence electrons. The molecule has 4 heterocycles. The zero-order valence-corrected chi connectivity index (χ0v) is 72.8. The summed E-state index contributed by atoms with van der Waals surface area (Å²) in [5.41, 5.74) is 31.1. The summed E-state index contributed by atoms with van der Waals surface area (Å²) >= 11 is 10.6. The molecule has 113 heavy (non-hydrogen) atoms. The monoisotopic (exact) mass is 1550 g/mol. The van der Waals surface area contributed by atoms with Gasteiger partial charge in [-0.15, -0.1) is 23.5 Å². The van der Waals surface area contributed by atoms with Gasteiger partial charge in [0.05, 0.1) is 11.1 Å². The molecule has 4 nitrogen and oxygen atoms in total. The van der Waals surface area contributed by atoms with Crippen molar-refractivity contribution < 1.29 is 0 Å². The number of benzene rings is 10. The fourth-order valence-corrected chi connectivity index (χ4v) is 24.7. The van der Waals surface area contributed by atoms with Crippen LogP contribution >= 0.6 is 35.1 Å². The van der Waals surface area contributed by atoms with Crippen LogP contribution in [0.2, 0.25) is 5.02 Å². The molecule has 4 saturated carbocycles. The number of nitrogens with zero attached hydrogens (tertiary/aromatic N) is 3. The molecule has 0 spiro atoms. The van der Waals surface area contributed by atoms with Crippen LogP contribution in [0.4, 0.5) is 39.8 Å². The van der Waals surface area contributed by atoms with Gasteiger partial charge in [-0.25, -0.2) is 0 Å². The standard InChI is InChI=1S/C53H60N2S.C28H29NS.C25H32ClN/c1-37-29-43(35-45(30-37)55-47-24-23-42(49(2,3)4)34-46(47)50(5)25-15-17-27-52(50,55)7)54(48-36-56-53(8)28-18-16-26-51(48,53)6)44-32-40(38-19-11-9-12-20-38)31-41(33-44)39-21-13-10-14-22-39;1-27-15-9-10-16-28(27,2)30-20-26(27)29-25-18-23(21-11-5-3-6-12-21)17-24(19-25)22-13-7-4-8-14-22;1-17-13-19(26)16-20(14-17)27-22-10-9-18(23(2,3)4)15-21(22)24(5)11-7-8-12-25(24,27)6/h9-14,19-24,29-36H,15-18,25-28H2,1-8H3;3-8,11-14,17-20,29H,9-10,15-16H2,1-2H3;9-10,13-16H,7-8,11-12H2,1-6H3. The Balaban J connectivity index is 0.000000142. The summed E-state index contributed by atoms with van der Waals surface area (Å²) in [4.78, 5) is 8.07. The third kappa shape index (κ3) is 14.0. The van der Waals surface area contributed by atoms with Crippen LogP contribution in [0.3, 0.4) is 0 Å². The first-order chi connectivity index (χ1) is 53.9. The van der Waals surface area contributed by atoms with E-state index in [0.717, 1.165) is 5.02 Å². The number of anilines is 7. The summed E-state index contributed by atoms with van der Waals surface area (Å²) < 4.78 is 0.480. The molecule has 1 N–H and O–H groups in total. The Morgan fingerprint density at radius 2 is 0.726 bits per heavy atom. The van der Waals surface area contributed by atoms with Crippen LogP contribution in [0.25, 0.3) is 44.5 Å². The Hall–Kier alpha value is -8.13. The Morgan fingerprint density at radius 3 is 1.17 bits per heavy atom. The van der Waals surface area contributed by atoms with Gasteiger partial charge >= 0.3 is 0 Å². The van der Waals surface area contributed by atoms with Crippen molar-refractivity contribution >= 4 is 74.9 Å². The van der Waals surface area contributed by atoms with Crippen LogP contribution in [0, 0.1) is 24.7 Å². The van der Waals surface area contributed by atoms with Crippen molar-refractivity contribution in [3.8, 4) is 44.5 Å². The van der Waals surface area contributed by atoms with E-state index in [2.05, 4.69) is 378 Å². The minimum atomic E-state index is -0.0237. The quantitative estimate of drug-likeness (QED) is 0.138.